The molecule has 30 heavy (non-hydrogen) atoms. The van der Waals surface area contributed by atoms with Gasteiger partial charge in [0.25, 0.3) is 0 Å². The van der Waals surface area contributed by atoms with Gasteiger partial charge in [0.15, 0.2) is 11.5 Å². The van der Waals surface area contributed by atoms with Crippen LogP contribution in [-0.4, -0.2) is 61.6 Å². The summed E-state index contributed by atoms with van der Waals surface area (Å²) >= 11 is 0. The number of hydrogen-bond acceptors (Lipinski definition) is 6. The third kappa shape index (κ3) is 1.73. The van der Waals surface area contributed by atoms with Crippen molar-refractivity contribution in [2.24, 2.45) is 5.41 Å². The number of amides is 1. The molecule has 1 aromatic rings. The molecule has 4 atom stereocenters. The normalized spacial score (nSPS) is 38.6. The summed E-state index contributed by atoms with van der Waals surface area (Å²) in [7, 11) is 3.11. The number of phenols is 1. The molecule has 1 aliphatic carbocycles. The first-order valence-corrected chi connectivity index (χ1v) is 11.1. The number of nitrogens with zero attached hydrogens (tertiary/aromatic N) is 2. The van der Waals surface area contributed by atoms with Gasteiger partial charge in [-0.15, -0.1) is 0 Å². The van der Waals surface area contributed by atoms with Crippen LogP contribution in [0.1, 0.15) is 51.0 Å². The van der Waals surface area contributed by atoms with Crippen LogP contribution in [0.3, 0.4) is 0 Å². The van der Waals surface area contributed by atoms with Gasteiger partial charge in [0, 0.05) is 32.0 Å². The van der Waals surface area contributed by atoms with Crippen LogP contribution in [0.25, 0.3) is 0 Å². The lowest BCUT2D eigenvalue weighted by molar-refractivity contribution is -0.232. The SMILES string of the molecule is COc1cc2c(c(O)c1OC)N(C(C)=O)[C@H]1CC[C@]34CCCN5CC[C@@]21[C@@]53OCC4. The molecule has 0 aromatic heterocycles. The van der Waals surface area contributed by atoms with Crippen LogP contribution in [0.4, 0.5) is 5.69 Å². The molecule has 1 aromatic carbocycles. The van der Waals surface area contributed by atoms with Crippen LogP contribution < -0.4 is 14.4 Å². The van der Waals surface area contributed by atoms with Crippen molar-refractivity contribution < 1.29 is 24.1 Å². The van der Waals surface area contributed by atoms with Gasteiger partial charge >= 0.3 is 0 Å². The molecule has 7 heteroatoms. The number of ether oxygens (including phenoxy) is 3. The minimum atomic E-state index is -0.411. The van der Waals surface area contributed by atoms with Crippen LogP contribution in [0, 0.1) is 5.41 Å². The number of carbonyl (C=O) groups excluding carboxylic acids is 1. The van der Waals surface area contributed by atoms with Crippen LogP contribution in [0.15, 0.2) is 6.07 Å². The molecular weight excluding hydrogens is 384 g/mol. The molecule has 7 nitrogen and oxygen atoms in total. The molecule has 1 N–H and O–H groups in total. The Morgan fingerprint density at radius 2 is 2.03 bits per heavy atom. The minimum Gasteiger partial charge on any atom is -0.503 e. The molecule has 162 valence electrons. The van der Waals surface area contributed by atoms with Gasteiger partial charge in [0.05, 0.1) is 31.4 Å². The largest absolute Gasteiger partial charge is 0.503 e. The van der Waals surface area contributed by atoms with E-state index < -0.39 is 5.72 Å². The molecule has 6 rings (SSSR count). The van der Waals surface area contributed by atoms with Gasteiger partial charge in [-0.25, -0.2) is 0 Å². The minimum absolute atomic E-state index is 0.0000753. The summed E-state index contributed by atoms with van der Waals surface area (Å²) < 4.78 is 17.9. The summed E-state index contributed by atoms with van der Waals surface area (Å²) in [4.78, 5) is 17.4. The van der Waals surface area contributed by atoms with Crippen molar-refractivity contribution >= 4 is 11.6 Å². The summed E-state index contributed by atoms with van der Waals surface area (Å²) in [5.74, 6) is 0.746. The van der Waals surface area contributed by atoms with Crippen LogP contribution in [0.5, 0.6) is 17.2 Å². The van der Waals surface area contributed by atoms with Crippen LogP contribution >= 0.6 is 0 Å². The van der Waals surface area contributed by atoms with Gasteiger partial charge in [0.1, 0.15) is 5.72 Å². The predicted molar refractivity (Wildman–Crippen MR) is 110 cm³/mol. The van der Waals surface area contributed by atoms with Crippen molar-refractivity contribution in [3.63, 3.8) is 0 Å². The number of phenolic OH excluding ortho intramolecular Hbond substituents is 1. The van der Waals surface area contributed by atoms with Gasteiger partial charge in [-0.3, -0.25) is 9.69 Å². The Morgan fingerprint density at radius 1 is 1.20 bits per heavy atom. The summed E-state index contributed by atoms with van der Waals surface area (Å²) in [6.07, 6.45) is 6.36. The van der Waals surface area contributed by atoms with Crippen molar-refractivity contribution in [2.75, 3.05) is 38.8 Å². The zero-order chi connectivity index (χ0) is 20.9. The molecule has 0 radical (unpaired) electrons. The standard InChI is InChI=1S/C23H30N2O5/c1-14(26)25-17-5-7-21-6-4-10-24-11-8-22(17,23(21,24)30-12-9-21)15-13-16(28-2)20(29-3)19(27)18(15)25/h13,17,27H,4-12H2,1-3H3/t17-,21-,22+,23+/m0/s1. The molecular formula is C23H30N2O5. The maximum atomic E-state index is 13.0. The highest BCUT2D eigenvalue weighted by Crippen LogP contribution is 2.74. The molecule has 0 bridgehead atoms. The Bertz CT molecular complexity index is 950. The Hall–Kier alpha value is -1.99. The molecule has 2 spiro atoms. The van der Waals surface area contributed by atoms with Crippen molar-refractivity contribution in [3.8, 4) is 17.2 Å². The van der Waals surface area contributed by atoms with Gasteiger partial charge in [0.2, 0.25) is 11.7 Å². The lowest BCUT2D eigenvalue weighted by Crippen LogP contribution is -2.73. The van der Waals surface area contributed by atoms with E-state index in [0.717, 1.165) is 50.9 Å². The molecule has 1 amide bonds. The maximum absolute atomic E-state index is 13.0. The number of benzene rings is 1. The average molecular weight is 415 g/mol. The number of fused-ring (bicyclic) bond motifs is 1. The fraction of sp³-hybridized carbons (Fsp3) is 0.696. The molecule has 4 aliphatic heterocycles. The second-order valence-corrected chi connectivity index (χ2v) is 9.64. The summed E-state index contributed by atoms with van der Waals surface area (Å²) in [6, 6.07) is 1.98. The summed E-state index contributed by atoms with van der Waals surface area (Å²) in [5.41, 5.74) is 0.934. The summed E-state index contributed by atoms with van der Waals surface area (Å²) in [5, 5.41) is 11.3. The highest BCUT2D eigenvalue weighted by molar-refractivity contribution is 5.99. The topological polar surface area (TPSA) is 71.5 Å². The highest BCUT2D eigenvalue weighted by atomic mass is 16.5. The quantitative estimate of drug-likeness (QED) is 0.803. The second kappa shape index (κ2) is 5.82. The Kier molecular flexibility index (Phi) is 3.64. The number of methoxy groups -OCH3 is 2. The molecule has 3 saturated heterocycles. The van der Waals surface area contributed by atoms with E-state index in [1.807, 2.05) is 11.0 Å². The van der Waals surface area contributed by atoms with Gasteiger partial charge in [-0.05, 0) is 50.2 Å². The zero-order valence-electron chi connectivity index (χ0n) is 18.0. The number of hydrogen-bond donors (Lipinski definition) is 1. The molecule has 0 unspecified atom stereocenters. The average Bonchev–Trinajstić information content (AvgIpc) is 3.38. The lowest BCUT2D eigenvalue weighted by atomic mass is 9.50. The summed E-state index contributed by atoms with van der Waals surface area (Å²) in [6.45, 7) is 4.35. The van der Waals surface area contributed by atoms with Crippen molar-refractivity contribution in [2.45, 2.75) is 62.6 Å². The number of carbonyl (C=O) groups is 1. The first kappa shape index (κ1) is 18.8. The van der Waals surface area contributed by atoms with Gasteiger partial charge in [-0.2, -0.15) is 0 Å². The molecule has 5 aliphatic rings. The van der Waals surface area contributed by atoms with Crippen LogP contribution in [-0.2, 0) is 14.9 Å². The number of anilines is 1. The smallest absolute Gasteiger partial charge is 0.224 e. The number of piperidine rings is 1. The van der Waals surface area contributed by atoms with E-state index in [4.69, 9.17) is 14.2 Å². The maximum Gasteiger partial charge on any atom is 0.224 e. The third-order valence-electron chi connectivity index (χ3n) is 8.98. The van der Waals surface area contributed by atoms with Crippen LogP contribution in [0.2, 0.25) is 0 Å². The van der Waals surface area contributed by atoms with E-state index in [2.05, 4.69) is 4.90 Å². The number of rotatable bonds is 2. The fourth-order valence-corrected chi connectivity index (χ4v) is 8.24. The Morgan fingerprint density at radius 3 is 2.77 bits per heavy atom. The van der Waals surface area contributed by atoms with E-state index in [-0.39, 0.29) is 34.3 Å². The highest BCUT2D eigenvalue weighted by Gasteiger charge is 2.80. The van der Waals surface area contributed by atoms with E-state index in [1.54, 1.807) is 14.0 Å². The van der Waals surface area contributed by atoms with Crippen molar-refractivity contribution in [1.29, 1.82) is 0 Å². The lowest BCUT2D eigenvalue weighted by Gasteiger charge is -2.62. The molecule has 4 fully saturated rings. The van der Waals surface area contributed by atoms with E-state index >= 15 is 0 Å². The van der Waals surface area contributed by atoms with Crippen molar-refractivity contribution in [1.82, 2.24) is 4.90 Å². The Labute approximate surface area is 176 Å². The first-order chi connectivity index (χ1) is 14.5. The van der Waals surface area contributed by atoms with Gasteiger partial charge in [-0.1, -0.05) is 0 Å². The monoisotopic (exact) mass is 414 g/mol. The molecule has 4 heterocycles. The van der Waals surface area contributed by atoms with Gasteiger partial charge < -0.3 is 24.2 Å². The van der Waals surface area contributed by atoms with E-state index in [1.165, 1.54) is 20.0 Å². The zero-order valence-corrected chi connectivity index (χ0v) is 18.0. The predicted octanol–water partition coefficient (Wildman–Crippen LogP) is 2.78. The van der Waals surface area contributed by atoms with E-state index in [0.29, 0.717) is 11.4 Å². The van der Waals surface area contributed by atoms with Crippen molar-refractivity contribution in [3.05, 3.63) is 11.6 Å². The first-order valence-electron chi connectivity index (χ1n) is 11.1. The number of aromatic hydroxyl groups is 1. The third-order valence-corrected chi connectivity index (χ3v) is 8.98. The van der Waals surface area contributed by atoms with E-state index in [9.17, 15) is 9.90 Å². The second-order valence-electron chi connectivity index (χ2n) is 9.64. The fourth-order valence-electron chi connectivity index (χ4n) is 8.24. The Balaban J connectivity index is 1.70. The molecule has 1 saturated carbocycles.